The highest BCUT2D eigenvalue weighted by atomic mass is 15.2. The molecule has 0 radical (unpaired) electrons. The Balaban J connectivity index is 1.39. The maximum atomic E-state index is 6.35. The first-order valence-electron chi connectivity index (χ1n) is 24.5. The molecule has 71 heavy (non-hydrogen) atoms. The van der Waals surface area contributed by atoms with Gasteiger partial charge in [0.15, 0.2) is 11.6 Å². The second kappa shape index (κ2) is 15.9. The Labute approximate surface area is 412 Å². The van der Waals surface area contributed by atoms with E-state index in [1.165, 1.54) is 65.7 Å². The van der Waals surface area contributed by atoms with Crippen molar-refractivity contribution in [3.8, 4) is 23.0 Å². The largest absolute Gasteiger partial charge is 0.305 e. The molecule has 0 aliphatic carbocycles. The molecule has 13 rings (SSSR count). The van der Waals surface area contributed by atoms with Crippen LogP contribution in [0, 0.1) is 41.5 Å². The quantitative estimate of drug-likeness (QED) is 0.116. The lowest BCUT2D eigenvalue weighted by Crippen LogP contribution is -2.17. The van der Waals surface area contributed by atoms with E-state index in [1.54, 1.807) is 0 Å². The number of benzene rings is 8. The summed E-state index contributed by atoms with van der Waals surface area (Å²) in [6.45, 7) is 19.6. The second-order valence-corrected chi connectivity index (χ2v) is 19.6. The van der Waals surface area contributed by atoms with Gasteiger partial charge in [0.1, 0.15) is 11.4 Å². The Morgan fingerprint density at radius 1 is 0.394 bits per heavy atom. The molecule has 342 valence electrons. The van der Waals surface area contributed by atoms with Crippen molar-refractivity contribution in [3.63, 3.8) is 0 Å². The summed E-state index contributed by atoms with van der Waals surface area (Å²) in [6, 6.07) is 58.6. The number of para-hydroxylation sites is 2. The van der Waals surface area contributed by atoms with Gasteiger partial charge < -0.3 is 9.13 Å². The van der Waals surface area contributed by atoms with Gasteiger partial charge in [-0.15, -0.1) is 0 Å². The summed E-state index contributed by atoms with van der Waals surface area (Å²) in [4.78, 5) is 11.5. The summed E-state index contributed by atoms with van der Waals surface area (Å²) in [5, 5.41) is 9.36. The SMILES string of the molecule is C=N/C(=C\C=C/C)c1c(-n2c3ccc(C)cc3c3cc(C)ccc32)c(-n2c3ccccc3c3ccccc32)nc(-n2c3ccc(C)cc3c3cc(C)ccc32)c1-n1c2ccc(C)cc2c2cc(C)ccc21. The molecular weight excluding hydrogens is 865 g/mol. The van der Waals surface area contributed by atoms with Crippen LogP contribution in [-0.4, -0.2) is 30.0 Å². The van der Waals surface area contributed by atoms with Crippen LogP contribution >= 0.6 is 0 Å². The summed E-state index contributed by atoms with van der Waals surface area (Å²) < 4.78 is 9.75. The van der Waals surface area contributed by atoms with Crippen molar-refractivity contribution in [2.75, 3.05) is 0 Å². The fraction of sp³-hybridized carbons (Fsp3) is 0.108. The third-order valence-corrected chi connectivity index (χ3v) is 14.7. The number of hydrogen-bond donors (Lipinski definition) is 0. The van der Waals surface area contributed by atoms with Gasteiger partial charge >= 0.3 is 0 Å². The zero-order chi connectivity index (χ0) is 48.4. The minimum atomic E-state index is 0.717. The van der Waals surface area contributed by atoms with Crippen molar-refractivity contribution >= 4 is 99.6 Å². The number of aromatic nitrogens is 5. The fourth-order valence-electron chi connectivity index (χ4n) is 11.5. The van der Waals surface area contributed by atoms with Crippen LogP contribution in [0.3, 0.4) is 0 Å². The molecule has 0 fully saturated rings. The van der Waals surface area contributed by atoms with E-state index in [9.17, 15) is 0 Å². The Morgan fingerprint density at radius 3 is 1.00 bits per heavy atom. The zero-order valence-corrected chi connectivity index (χ0v) is 41.1. The van der Waals surface area contributed by atoms with E-state index in [-0.39, 0.29) is 0 Å². The Morgan fingerprint density at radius 2 is 0.690 bits per heavy atom. The standard InChI is InChI=1S/C65H52N6/c1-9-10-17-52(66-8)61-62(68-55-26-20-38(2)32-46(55)47-33-39(3)21-27-56(47)68)64(70-53-18-13-11-15-44(53)45-16-12-14-19-54(45)70)67-65(71-59-30-24-42(6)36-50(59)51-37-43(7)25-31-60(51)71)63(61)69-57-28-22-40(4)34-48(57)49-35-41(5)23-29-58(49)69/h9-37H,8H2,1-7H3/b10-9-,52-17-. The van der Waals surface area contributed by atoms with Crippen LogP contribution in [0.1, 0.15) is 45.9 Å². The summed E-state index contributed by atoms with van der Waals surface area (Å²) in [7, 11) is 0. The Kier molecular flexibility index (Phi) is 9.49. The molecule has 0 saturated heterocycles. The molecule has 0 unspecified atom stereocenters. The van der Waals surface area contributed by atoms with Crippen molar-refractivity contribution in [3.05, 3.63) is 215 Å². The van der Waals surface area contributed by atoms with E-state index < -0.39 is 0 Å². The van der Waals surface area contributed by atoms with Crippen molar-refractivity contribution < 1.29 is 0 Å². The van der Waals surface area contributed by atoms with E-state index in [4.69, 9.17) is 9.98 Å². The molecule has 0 amide bonds. The molecule has 0 aliphatic rings. The van der Waals surface area contributed by atoms with Gasteiger partial charge in [0, 0.05) is 43.1 Å². The van der Waals surface area contributed by atoms with Crippen LogP contribution in [0.5, 0.6) is 0 Å². The molecule has 6 nitrogen and oxygen atoms in total. The van der Waals surface area contributed by atoms with Gasteiger partial charge in [0.25, 0.3) is 0 Å². The van der Waals surface area contributed by atoms with E-state index in [0.29, 0.717) is 0 Å². The smallest absolute Gasteiger partial charge is 0.165 e. The first kappa shape index (κ1) is 42.4. The van der Waals surface area contributed by atoms with Crippen molar-refractivity contribution in [1.82, 2.24) is 23.3 Å². The maximum absolute atomic E-state index is 6.35. The number of allylic oxidation sites excluding steroid dienone is 3. The average molecular weight is 917 g/mol. The molecule has 13 aromatic rings. The average Bonchev–Trinajstić information content (AvgIpc) is 4.08. The summed E-state index contributed by atoms with van der Waals surface area (Å²) in [6.07, 6.45) is 6.27. The molecule has 6 heteroatoms. The van der Waals surface area contributed by atoms with Crippen LogP contribution < -0.4 is 0 Å². The zero-order valence-electron chi connectivity index (χ0n) is 41.1. The van der Waals surface area contributed by atoms with E-state index >= 15 is 0 Å². The molecule has 0 bridgehead atoms. The molecule has 8 aromatic carbocycles. The van der Waals surface area contributed by atoms with Crippen LogP contribution in [0.2, 0.25) is 0 Å². The third-order valence-electron chi connectivity index (χ3n) is 14.7. The lowest BCUT2D eigenvalue weighted by molar-refractivity contribution is 0.951. The number of aryl methyl sites for hydroxylation is 6. The molecule has 5 aromatic heterocycles. The monoisotopic (exact) mass is 916 g/mol. The number of rotatable bonds is 7. The number of pyridine rings is 1. The fourth-order valence-corrected chi connectivity index (χ4v) is 11.5. The van der Waals surface area contributed by atoms with Crippen molar-refractivity contribution in [2.24, 2.45) is 4.99 Å². The summed E-state index contributed by atoms with van der Waals surface area (Å²) >= 11 is 0. The van der Waals surface area contributed by atoms with Crippen LogP contribution in [0.25, 0.3) is 116 Å². The Bertz CT molecular complexity index is 4270. The van der Waals surface area contributed by atoms with Gasteiger partial charge in [-0.25, -0.2) is 4.98 Å². The third kappa shape index (κ3) is 6.27. The molecule has 0 N–H and O–H groups in total. The van der Waals surface area contributed by atoms with E-state index in [2.05, 4.69) is 249 Å². The highest BCUT2D eigenvalue weighted by Crippen LogP contribution is 2.48. The van der Waals surface area contributed by atoms with Gasteiger partial charge in [0.05, 0.1) is 55.4 Å². The highest BCUT2D eigenvalue weighted by molar-refractivity contribution is 6.15. The highest BCUT2D eigenvalue weighted by Gasteiger charge is 2.33. The first-order chi connectivity index (χ1) is 34.6. The molecule has 0 spiro atoms. The van der Waals surface area contributed by atoms with Crippen molar-refractivity contribution in [2.45, 2.75) is 48.5 Å². The molecule has 0 atom stereocenters. The number of fused-ring (bicyclic) bond motifs is 12. The maximum Gasteiger partial charge on any atom is 0.165 e. The summed E-state index contributed by atoms with van der Waals surface area (Å²) in [5.41, 5.74) is 19.2. The molecular formula is C65H52N6. The van der Waals surface area contributed by atoms with Gasteiger partial charge in [-0.2, -0.15) is 0 Å². The number of hydrogen-bond acceptors (Lipinski definition) is 2. The van der Waals surface area contributed by atoms with Crippen LogP contribution in [-0.2, 0) is 0 Å². The van der Waals surface area contributed by atoms with Crippen LogP contribution in [0.4, 0.5) is 0 Å². The van der Waals surface area contributed by atoms with E-state index in [0.717, 1.165) is 89.2 Å². The minimum absolute atomic E-state index is 0.717. The number of nitrogens with zero attached hydrogens (tertiary/aromatic N) is 6. The van der Waals surface area contributed by atoms with E-state index in [1.807, 2.05) is 0 Å². The van der Waals surface area contributed by atoms with Crippen molar-refractivity contribution in [1.29, 1.82) is 0 Å². The van der Waals surface area contributed by atoms with Gasteiger partial charge in [-0.1, -0.05) is 118 Å². The topological polar surface area (TPSA) is 45.0 Å². The Hall–Kier alpha value is -8.74. The molecule has 0 aliphatic heterocycles. The number of aliphatic imine (C=N–C) groups is 1. The van der Waals surface area contributed by atoms with Crippen LogP contribution in [0.15, 0.2) is 181 Å². The lowest BCUT2D eigenvalue weighted by Gasteiger charge is -2.26. The first-order valence-corrected chi connectivity index (χ1v) is 24.5. The van der Waals surface area contributed by atoms with Gasteiger partial charge in [0.2, 0.25) is 0 Å². The van der Waals surface area contributed by atoms with Gasteiger partial charge in [-0.05, 0) is 146 Å². The second-order valence-electron chi connectivity index (χ2n) is 19.6. The molecule has 0 saturated carbocycles. The predicted octanol–water partition coefficient (Wildman–Crippen LogP) is 16.9. The lowest BCUT2D eigenvalue weighted by atomic mass is 10.0. The van der Waals surface area contributed by atoms with Gasteiger partial charge in [-0.3, -0.25) is 14.1 Å². The molecule has 5 heterocycles. The normalized spacial score (nSPS) is 12.5. The summed E-state index contributed by atoms with van der Waals surface area (Å²) in [5.74, 6) is 1.54. The minimum Gasteiger partial charge on any atom is -0.305 e. The predicted molar refractivity (Wildman–Crippen MR) is 302 cm³/mol.